The minimum atomic E-state index is -1.41. The molecule has 26 heavy (non-hydrogen) atoms. The fourth-order valence-corrected chi connectivity index (χ4v) is 2.68. The zero-order valence-corrected chi connectivity index (χ0v) is 17.7. The van der Waals surface area contributed by atoms with Crippen molar-refractivity contribution >= 4 is 5.78 Å². The number of benzene rings is 1. The van der Waals surface area contributed by atoms with E-state index in [-0.39, 0.29) is 11.4 Å². The summed E-state index contributed by atoms with van der Waals surface area (Å²) in [6.45, 7) is 14.9. The predicted molar refractivity (Wildman–Crippen MR) is 105 cm³/mol. The molecule has 0 unspecified atom stereocenters. The van der Waals surface area contributed by atoms with E-state index in [2.05, 4.69) is 6.92 Å². The average molecular weight is 365 g/mol. The van der Waals surface area contributed by atoms with Crippen molar-refractivity contribution in [3.8, 4) is 0 Å². The summed E-state index contributed by atoms with van der Waals surface area (Å²) in [5, 5.41) is 10.1. The van der Waals surface area contributed by atoms with Crippen molar-refractivity contribution in [3.05, 3.63) is 34.9 Å². The van der Waals surface area contributed by atoms with Gasteiger partial charge in [0.05, 0.1) is 5.60 Å². The van der Waals surface area contributed by atoms with Crippen LogP contribution in [-0.4, -0.2) is 22.1 Å². The topological polar surface area (TPSA) is 55.8 Å². The van der Waals surface area contributed by atoms with E-state index in [1.165, 1.54) is 26.7 Å². The van der Waals surface area contributed by atoms with Gasteiger partial charge in [-0.25, -0.2) is 9.78 Å². The predicted octanol–water partition coefficient (Wildman–Crippen LogP) is 5.49. The van der Waals surface area contributed by atoms with E-state index in [0.29, 0.717) is 5.56 Å². The van der Waals surface area contributed by atoms with E-state index >= 15 is 0 Å². The van der Waals surface area contributed by atoms with Crippen LogP contribution in [-0.2, 0) is 15.4 Å². The van der Waals surface area contributed by atoms with Gasteiger partial charge in [0.2, 0.25) is 0 Å². The molecule has 0 radical (unpaired) electrons. The molecule has 0 amide bonds. The molecule has 0 saturated carbocycles. The Bertz CT molecular complexity index is 609. The van der Waals surface area contributed by atoms with Crippen LogP contribution < -0.4 is 0 Å². The van der Waals surface area contributed by atoms with Crippen LogP contribution in [0.15, 0.2) is 18.2 Å². The molecule has 0 atom stereocenters. The number of aryl methyl sites for hydroxylation is 1. The van der Waals surface area contributed by atoms with Crippen LogP contribution >= 0.6 is 0 Å². The van der Waals surface area contributed by atoms with E-state index in [4.69, 9.17) is 9.78 Å². The van der Waals surface area contributed by atoms with Crippen LogP contribution in [0.5, 0.6) is 0 Å². The Balaban J connectivity index is 2.94. The number of rotatable bonds is 10. The first-order chi connectivity index (χ1) is 11.8. The highest BCUT2D eigenvalue weighted by molar-refractivity contribution is 6.03. The number of carbonyl (C=O) groups excluding carboxylic acids is 1. The van der Waals surface area contributed by atoms with Gasteiger partial charge in [-0.1, -0.05) is 38.3 Å². The van der Waals surface area contributed by atoms with Crippen LogP contribution in [0.1, 0.15) is 95.6 Å². The van der Waals surface area contributed by atoms with E-state index in [1.807, 2.05) is 46.8 Å². The normalized spacial score (nSPS) is 13.1. The number of aliphatic hydroxyl groups is 1. The lowest BCUT2D eigenvalue weighted by Crippen LogP contribution is -2.33. The maximum Gasteiger partial charge on any atom is 0.194 e. The highest BCUT2D eigenvalue weighted by Gasteiger charge is 2.31. The summed E-state index contributed by atoms with van der Waals surface area (Å²) in [5.74, 6) is -0.298. The molecule has 0 aliphatic carbocycles. The van der Waals surface area contributed by atoms with Crippen LogP contribution in [0.2, 0.25) is 0 Å². The first-order valence-corrected chi connectivity index (χ1v) is 9.55. The Kier molecular flexibility index (Phi) is 7.58. The van der Waals surface area contributed by atoms with Crippen molar-refractivity contribution in [3.63, 3.8) is 0 Å². The molecule has 0 heterocycles. The number of carbonyl (C=O) groups is 1. The third kappa shape index (κ3) is 6.49. The molecule has 148 valence electrons. The van der Waals surface area contributed by atoms with E-state index in [0.717, 1.165) is 24.0 Å². The van der Waals surface area contributed by atoms with Gasteiger partial charge in [0, 0.05) is 5.56 Å². The fourth-order valence-electron chi connectivity index (χ4n) is 2.68. The van der Waals surface area contributed by atoms with E-state index in [1.54, 1.807) is 6.07 Å². The zero-order valence-electron chi connectivity index (χ0n) is 17.7. The van der Waals surface area contributed by atoms with Gasteiger partial charge in [-0.15, -0.1) is 0 Å². The van der Waals surface area contributed by atoms with Gasteiger partial charge in [-0.3, -0.25) is 4.79 Å². The molecular weight excluding hydrogens is 328 g/mol. The third-order valence-corrected chi connectivity index (χ3v) is 4.59. The molecule has 1 aromatic rings. The second-order valence-electron chi connectivity index (χ2n) is 8.81. The maximum atomic E-state index is 12.5. The smallest absolute Gasteiger partial charge is 0.194 e. The van der Waals surface area contributed by atoms with Gasteiger partial charge in [0.15, 0.2) is 5.78 Å². The summed E-state index contributed by atoms with van der Waals surface area (Å²) in [7, 11) is 0. The number of unbranched alkanes of at least 4 members (excludes halogenated alkanes) is 2. The molecule has 1 rings (SSSR count). The Morgan fingerprint density at radius 2 is 1.65 bits per heavy atom. The van der Waals surface area contributed by atoms with Crippen LogP contribution in [0.3, 0.4) is 0 Å². The van der Waals surface area contributed by atoms with Gasteiger partial charge < -0.3 is 5.11 Å². The molecule has 0 bridgehead atoms. The summed E-state index contributed by atoms with van der Waals surface area (Å²) in [5.41, 5.74) is -0.328. The third-order valence-electron chi connectivity index (χ3n) is 4.59. The van der Waals surface area contributed by atoms with E-state index in [9.17, 15) is 9.90 Å². The van der Waals surface area contributed by atoms with Crippen LogP contribution in [0.4, 0.5) is 0 Å². The molecule has 4 heteroatoms. The van der Waals surface area contributed by atoms with Gasteiger partial charge in [0.1, 0.15) is 11.2 Å². The molecule has 0 aromatic heterocycles. The standard InChI is InChI=1S/C22H36O4/c1-9-10-11-14-20(3,4)25-26-22(7,8)17-13-12-16(2)18(15-17)19(23)21(5,6)24/h12-13,15,24H,9-11,14H2,1-8H3. The second-order valence-corrected chi connectivity index (χ2v) is 8.81. The summed E-state index contributed by atoms with van der Waals surface area (Å²) >= 11 is 0. The highest BCUT2D eigenvalue weighted by atomic mass is 17.2. The number of hydrogen-bond acceptors (Lipinski definition) is 4. The van der Waals surface area contributed by atoms with Crippen molar-refractivity contribution in [2.75, 3.05) is 0 Å². The van der Waals surface area contributed by atoms with Crippen molar-refractivity contribution in [1.82, 2.24) is 0 Å². The average Bonchev–Trinajstić information content (AvgIpc) is 2.52. The first kappa shape index (κ1) is 22.8. The van der Waals surface area contributed by atoms with Gasteiger partial charge in [-0.2, -0.15) is 0 Å². The Labute approximate surface area is 158 Å². The molecule has 0 aliphatic heterocycles. The molecule has 0 fully saturated rings. The van der Waals surface area contributed by atoms with Crippen LogP contribution in [0, 0.1) is 6.92 Å². The fraction of sp³-hybridized carbons (Fsp3) is 0.682. The summed E-state index contributed by atoms with van der Waals surface area (Å²) in [6, 6.07) is 5.61. The van der Waals surface area contributed by atoms with Gasteiger partial charge >= 0.3 is 0 Å². The minimum Gasteiger partial charge on any atom is -0.382 e. The largest absolute Gasteiger partial charge is 0.382 e. The maximum absolute atomic E-state index is 12.5. The minimum absolute atomic E-state index is 0.298. The number of hydrogen-bond donors (Lipinski definition) is 1. The molecule has 1 N–H and O–H groups in total. The van der Waals surface area contributed by atoms with Crippen LogP contribution in [0.25, 0.3) is 0 Å². The van der Waals surface area contributed by atoms with Gasteiger partial charge in [-0.05, 0) is 72.1 Å². The summed E-state index contributed by atoms with van der Waals surface area (Å²) in [6.07, 6.45) is 4.37. The number of ketones is 1. The lowest BCUT2D eigenvalue weighted by atomic mass is 9.88. The Hall–Kier alpha value is -1.23. The van der Waals surface area contributed by atoms with Crippen molar-refractivity contribution in [2.24, 2.45) is 0 Å². The molecule has 0 spiro atoms. The quantitative estimate of drug-likeness (QED) is 0.258. The summed E-state index contributed by atoms with van der Waals surface area (Å²) in [4.78, 5) is 24.1. The van der Waals surface area contributed by atoms with E-state index < -0.39 is 11.2 Å². The molecule has 0 aliphatic rings. The number of Topliss-reactive ketones (excluding diaryl/α,β-unsaturated/α-hetero) is 1. The first-order valence-electron chi connectivity index (χ1n) is 9.55. The Morgan fingerprint density at radius 3 is 2.19 bits per heavy atom. The van der Waals surface area contributed by atoms with Crippen molar-refractivity contribution < 1.29 is 19.7 Å². The van der Waals surface area contributed by atoms with Crippen molar-refractivity contribution in [2.45, 2.75) is 97.9 Å². The molecule has 0 saturated heterocycles. The summed E-state index contributed by atoms with van der Waals surface area (Å²) < 4.78 is 0. The lowest BCUT2D eigenvalue weighted by molar-refractivity contribution is -0.406. The van der Waals surface area contributed by atoms with Gasteiger partial charge in [0.25, 0.3) is 0 Å². The monoisotopic (exact) mass is 364 g/mol. The second kappa shape index (κ2) is 8.64. The SMILES string of the molecule is CCCCCC(C)(C)OOC(C)(C)c1ccc(C)c(C(=O)C(C)(C)O)c1. The molecule has 4 nitrogen and oxygen atoms in total. The molecule has 1 aromatic carbocycles. The van der Waals surface area contributed by atoms with Crippen molar-refractivity contribution in [1.29, 1.82) is 0 Å². The highest BCUT2D eigenvalue weighted by Crippen LogP contribution is 2.31. The Morgan fingerprint density at radius 1 is 1.04 bits per heavy atom. The lowest BCUT2D eigenvalue weighted by Gasteiger charge is -2.31. The zero-order chi connectivity index (χ0) is 20.2. The molecular formula is C22H36O4.